The van der Waals surface area contributed by atoms with Gasteiger partial charge in [-0.1, -0.05) is 36.7 Å². The van der Waals surface area contributed by atoms with Gasteiger partial charge in [0.25, 0.3) is 0 Å². The highest BCUT2D eigenvalue weighted by atomic mass is 79.9. The molecule has 0 aliphatic rings. The first-order valence-corrected chi connectivity index (χ1v) is 7.28. The van der Waals surface area contributed by atoms with Gasteiger partial charge in [-0.3, -0.25) is 0 Å². The highest BCUT2D eigenvalue weighted by Crippen LogP contribution is 2.28. The maximum absolute atomic E-state index is 13.2. The van der Waals surface area contributed by atoms with Gasteiger partial charge in [0.05, 0.1) is 12.2 Å². The summed E-state index contributed by atoms with van der Waals surface area (Å²) in [6, 6.07) is 4.49. The molecule has 0 radical (unpaired) electrons. The molecule has 108 valence electrons. The maximum Gasteiger partial charge on any atom is 0.123 e. The molecular weight excluding hydrogens is 311 g/mol. The lowest BCUT2D eigenvalue weighted by Crippen LogP contribution is -2.41. The zero-order chi connectivity index (χ0) is 14.6. The van der Waals surface area contributed by atoms with Gasteiger partial charge in [-0.05, 0) is 36.1 Å². The summed E-state index contributed by atoms with van der Waals surface area (Å²) < 4.78 is 19.7. The van der Waals surface area contributed by atoms with Gasteiger partial charge < -0.3 is 9.84 Å². The normalized spacial score (nSPS) is 15.3. The fourth-order valence-electron chi connectivity index (χ4n) is 2.15. The minimum atomic E-state index is -0.668. The van der Waals surface area contributed by atoms with Crippen molar-refractivity contribution in [3.8, 4) is 0 Å². The Hall–Kier alpha value is -0.450. The standard InChI is InChI=1S/C15H22BrFO2/c1-5-19-14(15(2,3)4)13(18)9-10-8-11(17)6-7-12(10)16/h6-8,13-14,18H,5,9H2,1-4H3. The molecule has 2 atom stereocenters. The Balaban J connectivity index is 2.87. The predicted molar refractivity (Wildman–Crippen MR) is 78.7 cm³/mol. The van der Waals surface area contributed by atoms with Crippen molar-refractivity contribution in [2.24, 2.45) is 5.41 Å². The second-order valence-electron chi connectivity index (χ2n) is 5.75. The largest absolute Gasteiger partial charge is 0.390 e. The Morgan fingerprint density at radius 1 is 1.37 bits per heavy atom. The molecule has 2 nitrogen and oxygen atoms in total. The number of benzene rings is 1. The zero-order valence-corrected chi connectivity index (χ0v) is 13.5. The van der Waals surface area contributed by atoms with Crippen molar-refractivity contribution in [3.63, 3.8) is 0 Å². The third-order valence-electron chi connectivity index (χ3n) is 2.99. The minimum absolute atomic E-state index is 0.171. The van der Waals surface area contributed by atoms with E-state index in [1.54, 1.807) is 6.07 Å². The summed E-state index contributed by atoms with van der Waals surface area (Å²) in [4.78, 5) is 0. The lowest BCUT2D eigenvalue weighted by atomic mass is 9.83. The van der Waals surface area contributed by atoms with E-state index in [4.69, 9.17) is 4.74 Å². The van der Waals surface area contributed by atoms with E-state index < -0.39 is 6.10 Å². The van der Waals surface area contributed by atoms with Gasteiger partial charge in [-0.25, -0.2) is 4.39 Å². The minimum Gasteiger partial charge on any atom is -0.390 e. The van der Waals surface area contributed by atoms with E-state index in [2.05, 4.69) is 15.9 Å². The van der Waals surface area contributed by atoms with Crippen molar-refractivity contribution in [3.05, 3.63) is 34.1 Å². The van der Waals surface area contributed by atoms with E-state index in [9.17, 15) is 9.50 Å². The summed E-state index contributed by atoms with van der Waals surface area (Å²) in [6.07, 6.45) is -0.592. The third-order valence-corrected chi connectivity index (χ3v) is 3.76. The molecule has 1 aromatic rings. The zero-order valence-electron chi connectivity index (χ0n) is 11.9. The molecule has 4 heteroatoms. The van der Waals surface area contributed by atoms with Crippen LogP contribution in [0, 0.1) is 11.2 Å². The average Bonchev–Trinajstić information content (AvgIpc) is 2.29. The van der Waals surface area contributed by atoms with Crippen LogP contribution in [0.3, 0.4) is 0 Å². The summed E-state index contributed by atoms with van der Waals surface area (Å²) in [5.74, 6) is -0.297. The molecule has 0 amide bonds. The van der Waals surface area contributed by atoms with E-state index >= 15 is 0 Å². The Bertz CT molecular complexity index is 415. The van der Waals surface area contributed by atoms with Crippen molar-refractivity contribution < 1.29 is 14.2 Å². The number of halogens is 2. The number of rotatable bonds is 5. The molecule has 1 rings (SSSR count). The van der Waals surface area contributed by atoms with E-state index in [1.165, 1.54) is 12.1 Å². The van der Waals surface area contributed by atoms with Crippen LogP contribution in [-0.4, -0.2) is 23.9 Å². The lowest BCUT2D eigenvalue weighted by Gasteiger charge is -2.34. The molecule has 2 unspecified atom stereocenters. The van der Waals surface area contributed by atoms with Gasteiger partial charge in [0.1, 0.15) is 5.82 Å². The van der Waals surface area contributed by atoms with Crippen LogP contribution in [0.4, 0.5) is 4.39 Å². The lowest BCUT2D eigenvalue weighted by molar-refractivity contribution is -0.0874. The second-order valence-corrected chi connectivity index (χ2v) is 6.60. The fourth-order valence-corrected chi connectivity index (χ4v) is 2.56. The van der Waals surface area contributed by atoms with Crippen molar-refractivity contribution in [1.29, 1.82) is 0 Å². The first kappa shape index (κ1) is 16.6. The van der Waals surface area contributed by atoms with Crippen LogP contribution in [-0.2, 0) is 11.2 Å². The molecule has 0 fully saturated rings. The smallest absolute Gasteiger partial charge is 0.123 e. The monoisotopic (exact) mass is 332 g/mol. The third kappa shape index (κ3) is 4.86. The van der Waals surface area contributed by atoms with Crippen LogP contribution >= 0.6 is 15.9 Å². The van der Waals surface area contributed by atoms with Crippen LogP contribution in [0.1, 0.15) is 33.3 Å². The molecule has 1 aromatic carbocycles. The van der Waals surface area contributed by atoms with Crippen LogP contribution in [0.25, 0.3) is 0 Å². The SMILES string of the molecule is CCOC(C(O)Cc1cc(F)ccc1Br)C(C)(C)C. The van der Waals surface area contributed by atoms with Crippen molar-refractivity contribution in [1.82, 2.24) is 0 Å². The number of hydrogen-bond donors (Lipinski definition) is 1. The van der Waals surface area contributed by atoms with Crippen LogP contribution in [0.15, 0.2) is 22.7 Å². The van der Waals surface area contributed by atoms with E-state index in [0.717, 1.165) is 10.0 Å². The number of ether oxygens (including phenoxy) is 1. The molecule has 0 bridgehead atoms. The Kier molecular flexibility index (Phi) is 5.96. The summed E-state index contributed by atoms with van der Waals surface area (Å²) in [5.41, 5.74) is 0.580. The second kappa shape index (κ2) is 6.82. The molecule has 19 heavy (non-hydrogen) atoms. The van der Waals surface area contributed by atoms with Gasteiger partial charge in [-0.15, -0.1) is 0 Å². The van der Waals surface area contributed by atoms with Crippen LogP contribution < -0.4 is 0 Å². The molecule has 0 saturated carbocycles. The van der Waals surface area contributed by atoms with Gasteiger partial charge in [0.15, 0.2) is 0 Å². The number of aliphatic hydroxyl groups excluding tert-OH is 1. The molecule has 0 saturated heterocycles. The van der Waals surface area contributed by atoms with Crippen molar-refractivity contribution in [2.45, 2.75) is 46.3 Å². The molecule has 0 spiro atoms. The molecule has 0 aromatic heterocycles. The van der Waals surface area contributed by atoms with Gasteiger partial charge in [0.2, 0.25) is 0 Å². The highest BCUT2D eigenvalue weighted by molar-refractivity contribution is 9.10. The van der Waals surface area contributed by atoms with Gasteiger partial charge >= 0.3 is 0 Å². The summed E-state index contributed by atoms with van der Waals surface area (Å²) in [5, 5.41) is 10.4. The fraction of sp³-hybridized carbons (Fsp3) is 0.600. The molecular formula is C15H22BrFO2. The quantitative estimate of drug-likeness (QED) is 0.884. The summed E-state index contributed by atoms with van der Waals surface area (Å²) in [7, 11) is 0. The topological polar surface area (TPSA) is 29.5 Å². The van der Waals surface area contributed by atoms with E-state index in [0.29, 0.717) is 13.0 Å². The Morgan fingerprint density at radius 3 is 2.53 bits per heavy atom. The summed E-state index contributed by atoms with van der Waals surface area (Å²) in [6.45, 7) is 8.53. The Labute approximate surface area is 123 Å². The Morgan fingerprint density at radius 2 is 2.00 bits per heavy atom. The highest BCUT2D eigenvalue weighted by Gasteiger charge is 2.32. The first-order chi connectivity index (χ1) is 8.75. The van der Waals surface area contributed by atoms with E-state index in [1.807, 2.05) is 27.7 Å². The molecule has 0 aliphatic carbocycles. The van der Waals surface area contributed by atoms with E-state index in [-0.39, 0.29) is 17.3 Å². The van der Waals surface area contributed by atoms with Gasteiger partial charge in [-0.2, -0.15) is 0 Å². The van der Waals surface area contributed by atoms with Crippen molar-refractivity contribution in [2.75, 3.05) is 6.61 Å². The number of hydrogen-bond acceptors (Lipinski definition) is 2. The summed E-state index contributed by atoms with van der Waals surface area (Å²) >= 11 is 3.38. The maximum atomic E-state index is 13.2. The van der Waals surface area contributed by atoms with Gasteiger partial charge in [0, 0.05) is 17.5 Å². The van der Waals surface area contributed by atoms with Crippen LogP contribution in [0.2, 0.25) is 0 Å². The average molecular weight is 333 g/mol. The molecule has 1 N–H and O–H groups in total. The first-order valence-electron chi connectivity index (χ1n) is 6.49. The molecule has 0 aliphatic heterocycles. The predicted octanol–water partition coefficient (Wildman–Crippen LogP) is 3.94. The van der Waals surface area contributed by atoms with Crippen LogP contribution in [0.5, 0.6) is 0 Å². The molecule has 0 heterocycles. The van der Waals surface area contributed by atoms with Crippen molar-refractivity contribution >= 4 is 15.9 Å². The number of aliphatic hydroxyl groups is 1.